The SMILES string of the molecule is CCCN(Cc1nc(-c2ccc(-c3ccc(-c4nc([C@@H]5CCCN5C)[nH]c4F)cc3)cc2)c(F)[nH]1)C(=O)CC(C)C. The minimum absolute atomic E-state index is 0.0486. The van der Waals surface area contributed by atoms with Crippen molar-refractivity contribution in [3.8, 4) is 33.6 Å². The number of carbonyl (C=O) groups excluding carboxylic acids is 1. The molecule has 3 heterocycles. The van der Waals surface area contributed by atoms with Gasteiger partial charge in [0.2, 0.25) is 17.8 Å². The van der Waals surface area contributed by atoms with E-state index in [1.807, 2.05) is 76.3 Å². The summed E-state index contributed by atoms with van der Waals surface area (Å²) in [6.45, 7) is 7.86. The van der Waals surface area contributed by atoms with Gasteiger partial charge in [-0.2, -0.15) is 8.78 Å². The number of hydrogen-bond donors (Lipinski definition) is 2. The minimum atomic E-state index is -0.519. The fraction of sp³-hybridized carbons (Fsp3) is 0.406. The molecule has 0 radical (unpaired) electrons. The van der Waals surface area contributed by atoms with Crippen molar-refractivity contribution in [3.05, 3.63) is 72.1 Å². The minimum Gasteiger partial charge on any atom is -0.335 e. The van der Waals surface area contributed by atoms with Gasteiger partial charge in [0.25, 0.3) is 0 Å². The number of aromatic amines is 2. The maximum Gasteiger partial charge on any atom is 0.223 e. The second kappa shape index (κ2) is 12.3. The van der Waals surface area contributed by atoms with Crippen LogP contribution in [-0.4, -0.2) is 55.8 Å². The van der Waals surface area contributed by atoms with Crippen molar-refractivity contribution in [1.29, 1.82) is 0 Å². The Kier molecular flexibility index (Phi) is 8.63. The van der Waals surface area contributed by atoms with Gasteiger partial charge >= 0.3 is 0 Å². The molecule has 9 heteroatoms. The Morgan fingerprint density at radius 2 is 1.51 bits per heavy atom. The molecular weight excluding hydrogens is 522 g/mol. The van der Waals surface area contributed by atoms with Gasteiger partial charge in [-0.15, -0.1) is 0 Å². The Morgan fingerprint density at radius 3 is 2.05 bits per heavy atom. The zero-order valence-electron chi connectivity index (χ0n) is 24.2. The summed E-state index contributed by atoms with van der Waals surface area (Å²) >= 11 is 0. The highest BCUT2D eigenvalue weighted by atomic mass is 19.1. The van der Waals surface area contributed by atoms with Crippen LogP contribution in [0.1, 0.15) is 64.1 Å². The summed E-state index contributed by atoms with van der Waals surface area (Å²) < 4.78 is 29.6. The van der Waals surface area contributed by atoms with Crippen LogP contribution in [0.4, 0.5) is 8.78 Å². The van der Waals surface area contributed by atoms with E-state index in [2.05, 4.69) is 24.8 Å². The van der Waals surface area contributed by atoms with Crippen LogP contribution in [0.3, 0.4) is 0 Å². The number of carbonyl (C=O) groups is 1. The van der Waals surface area contributed by atoms with Crippen LogP contribution < -0.4 is 0 Å². The van der Waals surface area contributed by atoms with Gasteiger partial charge in [0.15, 0.2) is 0 Å². The number of hydrogen-bond acceptors (Lipinski definition) is 4. The van der Waals surface area contributed by atoms with Crippen molar-refractivity contribution in [1.82, 2.24) is 29.7 Å². The monoisotopic (exact) mass is 560 g/mol. The zero-order chi connectivity index (χ0) is 29.1. The number of halogens is 2. The molecule has 2 N–H and O–H groups in total. The number of H-pyrrole nitrogens is 2. The fourth-order valence-corrected chi connectivity index (χ4v) is 5.50. The van der Waals surface area contributed by atoms with Crippen LogP contribution in [0.5, 0.6) is 0 Å². The molecule has 1 amide bonds. The number of likely N-dealkylation sites (tertiary alicyclic amines) is 1. The third-order valence-electron chi connectivity index (χ3n) is 7.64. The Bertz CT molecular complexity index is 1480. The normalized spacial score (nSPS) is 15.6. The van der Waals surface area contributed by atoms with Gasteiger partial charge in [-0.25, -0.2) is 9.97 Å². The zero-order valence-corrected chi connectivity index (χ0v) is 24.2. The molecule has 2 aromatic heterocycles. The molecule has 41 heavy (non-hydrogen) atoms. The van der Waals surface area contributed by atoms with E-state index < -0.39 is 11.9 Å². The number of amides is 1. The molecule has 1 fully saturated rings. The summed E-state index contributed by atoms with van der Waals surface area (Å²) in [7, 11) is 2.04. The lowest BCUT2D eigenvalue weighted by Gasteiger charge is -2.22. The number of aromatic nitrogens is 4. The van der Waals surface area contributed by atoms with Gasteiger partial charge in [0, 0.05) is 24.1 Å². The van der Waals surface area contributed by atoms with E-state index in [-0.39, 0.29) is 30.1 Å². The first-order chi connectivity index (χ1) is 19.7. The second-order valence-corrected chi connectivity index (χ2v) is 11.3. The van der Waals surface area contributed by atoms with Crippen molar-refractivity contribution in [2.75, 3.05) is 20.1 Å². The fourth-order valence-electron chi connectivity index (χ4n) is 5.50. The molecule has 1 aliphatic rings. The van der Waals surface area contributed by atoms with Crippen molar-refractivity contribution in [2.45, 2.75) is 59.0 Å². The summed E-state index contributed by atoms with van der Waals surface area (Å²) in [5.74, 6) is 0.465. The number of rotatable bonds is 10. The Morgan fingerprint density at radius 1 is 0.951 bits per heavy atom. The molecule has 4 aromatic rings. The number of nitrogens with one attached hydrogen (secondary N) is 2. The van der Waals surface area contributed by atoms with Crippen molar-refractivity contribution >= 4 is 5.91 Å². The molecule has 0 saturated carbocycles. The maximum atomic E-state index is 14.9. The van der Waals surface area contributed by atoms with Crippen LogP contribution in [0.25, 0.3) is 33.6 Å². The van der Waals surface area contributed by atoms with Gasteiger partial charge < -0.3 is 14.9 Å². The quantitative estimate of drug-likeness (QED) is 0.220. The lowest BCUT2D eigenvalue weighted by Crippen LogP contribution is -2.32. The van der Waals surface area contributed by atoms with Gasteiger partial charge in [-0.3, -0.25) is 9.69 Å². The summed E-state index contributed by atoms with van der Waals surface area (Å²) in [6, 6.07) is 15.2. The number of imidazole rings is 2. The molecule has 0 bridgehead atoms. The third kappa shape index (κ3) is 6.40. The molecule has 0 unspecified atom stereocenters. The van der Waals surface area contributed by atoms with Crippen LogP contribution in [0.15, 0.2) is 48.5 Å². The van der Waals surface area contributed by atoms with Gasteiger partial charge in [-0.1, -0.05) is 69.3 Å². The summed E-state index contributed by atoms with van der Waals surface area (Å²) in [6.07, 6.45) is 3.32. The first kappa shape index (κ1) is 28.7. The highest BCUT2D eigenvalue weighted by Crippen LogP contribution is 2.32. The second-order valence-electron chi connectivity index (χ2n) is 11.3. The van der Waals surface area contributed by atoms with Crippen LogP contribution in [-0.2, 0) is 11.3 Å². The topological polar surface area (TPSA) is 80.9 Å². The first-order valence-electron chi connectivity index (χ1n) is 14.4. The predicted molar refractivity (Wildman–Crippen MR) is 157 cm³/mol. The lowest BCUT2D eigenvalue weighted by atomic mass is 10.0. The van der Waals surface area contributed by atoms with Crippen LogP contribution in [0, 0.1) is 17.8 Å². The third-order valence-corrected chi connectivity index (χ3v) is 7.64. The smallest absolute Gasteiger partial charge is 0.223 e. The van der Waals surface area contributed by atoms with E-state index in [0.29, 0.717) is 41.4 Å². The lowest BCUT2D eigenvalue weighted by molar-refractivity contribution is -0.132. The molecule has 5 rings (SSSR count). The molecule has 216 valence electrons. The summed E-state index contributed by atoms with van der Waals surface area (Å²) in [5, 5.41) is 0. The van der Waals surface area contributed by atoms with E-state index in [1.54, 1.807) is 4.90 Å². The van der Waals surface area contributed by atoms with Gasteiger partial charge in [-0.05, 0) is 49.9 Å². The number of nitrogens with zero attached hydrogens (tertiary/aromatic N) is 4. The molecule has 1 atom stereocenters. The molecular formula is C32H38F2N6O. The Hall–Kier alpha value is -3.85. The molecule has 0 spiro atoms. The maximum absolute atomic E-state index is 14.9. The highest BCUT2D eigenvalue weighted by molar-refractivity contribution is 5.76. The van der Waals surface area contributed by atoms with Crippen molar-refractivity contribution in [2.24, 2.45) is 5.92 Å². The molecule has 1 aliphatic heterocycles. The average Bonchev–Trinajstić information content (AvgIpc) is 3.66. The largest absolute Gasteiger partial charge is 0.335 e. The van der Waals surface area contributed by atoms with Gasteiger partial charge in [0.05, 0.1) is 12.6 Å². The van der Waals surface area contributed by atoms with E-state index in [1.165, 1.54) is 0 Å². The molecule has 2 aromatic carbocycles. The molecule has 7 nitrogen and oxygen atoms in total. The summed E-state index contributed by atoms with van der Waals surface area (Å²) in [5.41, 5.74) is 3.81. The van der Waals surface area contributed by atoms with Gasteiger partial charge in [0.1, 0.15) is 23.0 Å². The average molecular weight is 561 g/mol. The standard InChI is InChI=1S/C32H38F2N6O/c1-5-16-40(27(41)18-20(2)3)19-26-35-28(30(33)36-26)23-12-8-21(9-13-23)22-10-14-24(15-11-22)29-31(34)38-32(37-29)25-7-6-17-39(25)4/h8-15,20,25H,5-7,16-19H2,1-4H3,(H,35,36)(H,37,38)/t25-/m0/s1. The first-order valence-corrected chi connectivity index (χ1v) is 14.4. The number of benzene rings is 2. The Labute approximate surface area is 240 Å². The summed E-state index contributed by atoms with van der Waals surface area (Å²) in [4.78, 5) is 31.2. The van der Waals surface area contributed by atoms with Crippen molar-refractivity contribution < 1.29 is 13.6 Å². The molecule has 0 aliphatic carbocycles. The van der Waals surface area contributed by atoms with E-state index >= 15 is 0 Å². The molecule has 1 saturated heterocycles. The van der Waals surface area contributed by atoms with Crippen LogP contribution in [0.2, 0.25) is 0 Å². The van der Waals surface area contributed by atoms with Crippen LogP contribution >= 0.6 is 0 Å². The van der Waals surface area contributed by atoms with E-state index in [9.17, 15) is 13.6 Å². The highest BCUT2D eigenvalue weighted by Gasteiger charge is 2.27. The van der Waals surface area contributed by atoms with E-state index in [4.69, 9.17) is 0 Å². The van der Waals surface area contributed by atoms with E-state index in [0.717, 1.165) is 36.9 Å². The predicted octanol–water partition coefficient (Wildman–Crippen LogP) is 6.96. The Balaban J connectivity index is 1.29. The van der Waals surface area contributed by atoms with Crippen molar-refractivity contribution in [3.63, 3.8) is 0 Å².